The largest absolute Gasteiger partial charge is 0.497 e. The van der Waals surface area contributed by atoms with Crippen molar-refractivity contribution < 1.29 is 9.53 Å². The maximum atomic E-state index is 13.2. The maximum Gasteiger partial charge on any atom is 0.225 e. The van der Waals surface area contributed by atoms with Crippen LogP contribution in [0.15, 0.2) is 24.3 Å². The van der Waals surface area contributed by atoms with Crippen LogP contribution < -0.4 is 4.74 Å². The molecule has 27 heavy (non-hydrogen) atoms. The lowest BCUT2D eigenvalue weighted by atomic mass is 9.79. The van der Waals surface area contributed by atoms with Gasteiger partial charge in [0.1, 0.15) is 5.75 Å². The van der Waals surface area contributed by atoms with E-state index in [1.165, 1.54) is 50.5 Å². The first-order valence-corrected chi connectivity index (χ1v) is 11.1. The predicted octanol–water partition coefficient (Wildman–Crippen LogP) is 5.79. The summed E-state index contributed by atoms with van der Waals surface area (Å²) in [6.07, 6.45) is 12.3. The van der Waals surface area contributed by atoms with Crippen LogP contribution in [0.3, 0.4) is 0 Å². The number of likely N-dealkylation sites (tertiary alicyclic amines) is 1. The Morgan fingerprint density at radius 3 is 2.48 bits per heavy atom. The van der Waals surface area contributed by atoms with Gasteiger partial charge in [0.05, 0.1) is 7.11 Å². The van der Waals surface area contributed by atoms with Gasteiger partial charge in [0.15, 0.2) is 0 Å². The Hall–Kier alpha value is -1.51. The van der Waals surface area contributed by atoms with Crippen LogP contribution in [0.25, 0.3) is 0 Å². The third-order valence-electron chi connectivity index (χ3n) is 6.73. The van der Waals surface area contributed by atoms with E-state index in [-0.39, 0.29) is 5.92 Å². The highest BCUT2D eigenvalue weighted by molar-refractivity contribution is 5.79. The third-order valence-corrected chi connectivity index (χ3v) is 6.73. The van der Waals surface area contributed by atoms with Gasteiger partial charge in [0.2, 0.25) is 5.91 Å². The first kappa shape index (κ1) is 20.2. The summed E-state index contributed by atoms with van der Waals surface area (Å²) >= 11 is 0. The molecule has 3 nitrogen and oxygen atoms in total. The van der Waals surface area contributed by atoms with Crippen molar-refractivity contribution in [3.8, 4) is 5.75 Å². The Morgan fingerprint density at radius 1 is 1.07 bits per heavy atom. The van der Waals surface area contributed by atoms with E-state index in [1.807, 2.05) is 12.1 Å². The molecule has 3 heteroatoms. The maximum absolute atomic E-state index is 13.2. The predicted molar refractivity (Wildman–Crippen MR) is 111 cm³/mol. The first-order chi connectivity index (χ1) is 13.2. The van der Waals surface area contributed by atoms with E-state index in [1.54, 1.807) is 7.11 Å². The highest BCUT2D eigenvalue weighted by Crippen LogP contribution is 2.34. The van der Waals surface area contributed by atoms with Gasteiger partial charge in [-0.1, -0.05) is 44.7 Å². The molecule has 0 bridgehead atoms. The Balaban J connectivity index is 1.57. The number of nitrogens with zero attached hydrogens (tertiary/aromatic N) is 1. The Morgan fingerprint density at radius 2 is 1.81 bits per heavy atom. The van der Waals surface area contributed by atoms with E-state index < -0.39 is 0 Å². The summed E-state index contributed by atoms with van der Waals surface area (Å²) < 4.78 is 5.29. The van der Waals surface area contributed by atoms with Crippen molar-refractivity contribution in [2.75, 3.05) is 20.2 Å². The van der Waals surface area contributed by atoms with Gasteiger partial charge in [-0.15, -0.1) is 0 Å². The molecule has 1 amide bonds. The molecule has 1 saturated heterocycles. The lowest BCUT2D eigenvalue weighted by molar-refractivity contribution is -0.137. The molecule has 1 unspecified atom stereocenters. The lowest BCUT2D eigenvalue weighted by Gasteiger charge is -2.33. The smallest absolute Gasteiger partial charge is 0.225 e. The fourth-order valence-corrected chi connectivity index (χ4v) is 4.94. The minimum atomic E-state index is 0.275. The van der Waals surface area contributed by atoms with Crippen molar-refractivity contribution in [2.24, 2.45) is 11.8 Å². The fraction of sp³-hybridized carbons (Fsp3) is 0.708. The quantitative estimate of drug-likeness (QED) is 0.633. The summed E-state index contributed by atoms with van der Waals surface area (Å²) in [5.74, 6) is 2.94. The Kier molecular flexibility index (Phi) is 7.60. The lowest BCUT2D eigenvalue weighted by Crippen LogP contribution is -2.39. The number of benzene rings is 1. The van der Waals surface area contributed by atoms with Crippen LogP contribution >= 0.6 is 0 Å². The first-order valence-electron chi connectivity index (χ1n) is 11.1. The molecule has 1 saturated carbocycles. The van der Waals surface area contributed by atoms with E-state index in [9.17, 15) is 4.79 Å². The number of methoxy groups -OCH3 is 1. The molecule has 1 heterocycles. The zero-order valence-corrected chi connectivity index (χ0v) is 17.3. The molecule has 0 spiro atoms. The molecule has 150 valence electrons. The van der Waals surface area contributed by atoms with E-state index in [0.717, 1.165) is 44.0 Å². The minimum absolute atomic E-state index is 0.275. The zero-order valence-electron chi connectivity index (χ0n) is 17.3. The molecule has 0 N–H and O–H groups in total. The average Bonchev–Trinajstić information content (AvgIpc) is 2.98. The second-order valence-corrected chi connectivity index (χ2v) is 8.61. The van der Waals surface area contributed by atoms with Gasteiger partial charge in [-0.05, 0) is 62.1 Å². The molecule has 1 atom stereocenters. The van der Waals surface area contributed by atoms with E-state index in [4.69, 9.17) is 4.74 Å². The molecule has 0 radical (unpaired) electrons. The van der Waals surface area contributed by atoms with Crippen LogP contribution in [0.5, 0.6) is 5.75 Å². The van der Waals surface area contributed by atoms with Crippen LogP contribution in [0.2, 0.25) is 0 Å². The molecular weight excluding hydrogens is 334 g/mol. The molecule has 2 aliphatic rings. The number of unbranched alkanes of at least 4 members (excludes halogenated alkanes) is 1. The molecule has 3 rings (SSSR count). The van der Waals surface area contributed by atoms with E-state index in [0.29, 0.717) is 11.8 Å². The molecule has 1 aliphatic carbocycles. The van der Waals surface area contributed by atoms with Crippen molar-refractivity contribution in [3.05, 3.63) is 29.8 Å². The van der Waals surface area contributed by atoms with Gasteiger partial charge in [0, 0.05) is 24.9 Å². The summed E-state index contributed by atoms with van der Waals surface area (Å²) in [5, 5.41) is 0. The summed E-state index contributed by atoms with van der Waals surface area (Å²) in [7, 11) is 1.71. The number of hydrogen-bond donors (Lipinski definition) is 0. The molecular formula is C24H37NO2. The Labute approximate surface area is 165 Å². The molecule has 2 fully saturated rings. The number of amides is 1. The normalized spacial score (nSPS) is 26.4. The summed E-state index contributed by atoms with van der Waals surface area (Å²) in [4.78, 5) is 15.4. The van der Waals surface area contributed by atoms with Gasteiger partial charge >= 0.3 is 0 Å². The van der Waals surface area contributed by atoms with Gasteiger partial charge in [-0.2, -0.15) is 0 Å². The SMILES string of the molecule is CCCCC1CCC(C(=O)N2CCCCC(c3ccc(OC)cc3)C2)CC1. The van der Waals surface area contributed by atoms with Crippen molar-refractivity contribution in [1.82, 2.24) is 4.90 Å². The zero-order chi connectivity index (χ0) is 19.1. The highest BCUT2D eigenvalue weighted by atomic mass is 16.5. The van der Waals surface area contributed by atoms with Gasteiger partial charge < -0.3 is 9.64 Å². The van der Waals surface area contributed by atoms with Crippen LogP contribution in [0, 0.1) is 11.8 Å². The monoisotopic (exact) mass is 371 g/mol. The number of rotatable bonds is 6. The summed E-state index contributed by atoms with van der Waals surface area (Å²) in [6.45, 7) is 4.11. The molecule has 1 aromatic carbocycles. The van der Waals surface area contributed by atoms with E-state index >= 15 is 0 Å². The van der Waals surface area contributed by atoms with Crippen molar-refractivity contribution >= 4 is 5.91 Å². The van der Waals surface area contributed by atoms with Gasteiger partial charge in [-0.3, -0.25) is 4.79 Å². The molecule has 1 aromatic rings. The molecule has 1 aliphatic heterocycles. The number of carbonyl (C=O) groups is 1. The van der Waals surface area contributed by atoms with E-state index in [2.05, 4.69) is 24.0 Å². The highest BCUT2D eigenvalue weighted by Gasteiger charge is 2.31. The van der Waals surface area contributed by atoms with Gasteiger partial charge in [-0.25, -0.2) is 0 Å². The minimum Gasteiger partial charge on any atom is -0.497 e. The summed E-state index contributed by atoms with van der Waals surface area (Å²) in [5.41, 5.74) is 1.35. The van der Waals surface area contributed by atoms with Crippen LogP contribution in [0.1, 0.15) is 82.6 Å². The van der Waals surface area contributed by atoms with Crippen LogP contribution in [-0.2, 0) is 4.79 Å². The number of ether oxygens (including phenoxy) is 1. The summed E-state index contributed by atoms with van der Waals surface area (Å²) in [6, 6.07) is 8.45. The molecule has 0 aromatic heterocycles. The Bertz CT molecular complexity index is 575. The second kappa shape index (κ2) is 10.1. The topological polar surface area (TPSA) is 29.5 Å². The third kappa shape index (κ3) is 5.49. The average molecular weight is 372 g/mol. The van der Waals surface area contributed by atoms with Crippen molar-refractivity contribution in [3.63, 3.8) is 0 Å². The van der Waals surface area contributed by atoms with Crippen LogP contribution in [-0.4, -0.2) is 31.0 Å². The fourth-order valence-electron chi connectivity index (χ4n) is 4.94. The number of hydrogen-bond acceptors (Lipinski definition) is 2. The van der Waals surface area contributed by atoms with Crippen molar-refractivity contribution in [2.45, 2.75) is 77.0 Å². The second-order valence-electron chi connectivity index (χ2n) is 8.61. The van der Waals surface area contributed by atoms with Gasteiger partial charge in [0.25, 0.3) is 0 Å². The van der Waals surface area contributed by atoms with Crippen LogP contribution in [0.4, 0.5) is 0 Å². The van der Waals surface area contributed by atoms with Crippen molar-refractivity contribution in [1.29, 1.82) is 0 Å². The number of carbonyl (C=O) groups excluding carboxylic acids is 1. The standard InChI is InChI=1S/C24H37NO2/c1-3-4-7-19-9-11-21(12-10-19)24(26)25-17-6-5-8-22(18-25)20-13-15-23(27-2)16-14-20/h13-16,19,21-22H,3-12,17-18H2,1-2H3.